The number of nitrogens with zero attached hydrogens (tertiary/aromatic N) is 3. The number of amidine groups is 1. The monoisotopic (exact) mass is 381 g/mol. The van der Waals surface area contributed by atoms with Gasteiger partial charge < -0.3 is 0 Å². The van der Waals surface area contributed by atoms with E-state index in [-0.39, 0.29) is 29.4 Å². The van der Waals surface area contributed by atoms with Gasteiger partial charge in [-0.2, -0.15) is 0 Å². The quantitative estimate of drug-likeness (QED) is 0.707. The van der Waals surface area contributed by atoms with Crippen molar-refractivity contribution in [2.75, 3.05) is 25.4 Å². The molecule has 0 aromatic heterocycles. The number of fused-ring (bicyclic) bond motifs is 2. The lowest BCUT2D eigenvalue weighted by atomic mass is 9.85. The highest BCUT2D eigenvalue weighted by atomic mass is 32.2. The van der Waals surface area contributed by atoms with Crippen LogP contribution in [-0.2, 0) is 14.8 Å². The highest BCUT2D eigenvalue weighted by Crippen LogP contribution is 2.51. The van der Waals surface area contributed by atoms with Crippen molar-refractivity contribution in [3.05, 3.63) is 0 Å². The molecule has 2 aliphatic heterocycles. The van der Waals surface area contributed by atoms with Gasteiger partial charge >= 0.3 is 0 Å². The molecule has 7 heteroatoms. The maximum absolute atomic E-state index is 13.4. The summed E-state index contributed by atoms with van der Waals surface area (Å²) in [4.78, 5) is 20.3. The Morgan fingerprint density at radius 3 is 2.58 bits per heavy atom. The highest BCUT2D eigenvalue weighted by molar-refractivity contribution is 7.89. The number of carbonyl (C=O) groups is 1. The number of hydrogen-bond acceptors (Lipinski definition) is 4. The molecule has 4 rings (SSSR count). The molecule has 0 bridgehead atoms. The third-order valence-corrected chi connectivity index (χ3v) is 8.74. The van der Waals surface area contributed by atoms with E-state index in [9.17, 15) is 13.2 Å². The predicted octanol–water partition coefficient (Wildman–Crippen LogP) is 2.11. The molecule has 1 saturated heterocycles. The number of hydrogen-bond donors (Lipinski definition) is 0. The van der Waals surface area contributed by atoms with Crippen molar-refractivity contribution in [2.24, 2.45) is 28.7 Å². The van der Waals surface area contributed by atoms with E-state index in [0.717, 1.165) is 31.6 Å². The van der Waals surface area contributed by atoms with Crippen molar-refractivity contribution >= 4 is 21.8 Å². The second kappa shape index (κ2) is 6.30. The molecule has 3 atom stereocenters. The molecule has 2 heterocycles. The molecule has 0 aromatic rings. The molecule has 1 spiro atoms. The van der Waals surface area contributed by atoms with Crippen molar-refractivity contribution in [1.82, 2.24) is 9.21 Å². The Morgan fingerprint density at radius 2 is 1.96 bits per heavy atom. The molecule has 0 aromatic carbocycles. The van der Waals surface area contributed by atoms with Crippen molar-refractivity contribution in [3.8, 4) is 0 Å². The second-order valence-corrected chi connectivity index (χ2v) is 11.1. The second-order valence-electron chi connectivity index (χ2n) is 9.06. The van der Waals surface area contributed by atoms with Crippen molar-refractivity contribution in [2.45, 2.75) is 58.4 Å². The molecule has 3 fully saturated rings. The fourth-order valence-corrected chi connectivity index (χ4v) is 6.98. The average Bonchev–Trinajstić information content (AvgIpc) is 3.06. The highest BCUT2D eigenvalue weighted by Gasteiger charge is 2.62. The van der Waals surface area contributed by atoms with Gasteiger partial charge in [0, 0.05) is 32.0 Å². The van der Waals surface area contributed by atoms with Crippen LogP contribution in [0.25, 0.3) is 0 Å². The van der Waals surface area contributed by atoms with Crippen LogP contribution in [0.4, 0.5) is 0 Å². The predicted molar refractivity (Wildman–Crippen MR) is 101 cm³/mol. The van der Waals surface area contributed by atoms with Crippen molar-refractivity contribution < 1.29 is 13.2 Å². The van der Waals surface area contributed by atoms with E-state index >= 15 is 0 Å². The van der Waals surface area contributed by atoms with Gasteiger partial charge in [-0.05, 0) is 43.4 Å². The summed E-state index contributed by atoms with van der Waals surface area (Å²) >= 11 is 0. The Balaban J connectivity index is 1.57. The summed E-state index contributed by atoms with van der Waals surface area (Å²) in [6, 6.07) is 0. The summed E-state index contributed by atoms with van der Waals surface area (Å²) in [5, 5.41) is 0. The maximum atomic E-state index is 13.4. The van der Waals surface area contributed by atoms with E-state index < -0.39 is 15.6 Å². The first-order chi connectivity index (χ1) is 12.3. The van der Waals surface area contributed by atoms with Gasteiger partial charge in [-0.25, -0.2) is 12.7 Å². The summed E-state index contributed by atoms with van der Waals surface area (Å²) in [6.07, 6.45) is 4.88. The molecule has 4 aliphatic rings. The van der Waals surface area contributed by atoms with Gasteiger partial charge in [0.15, 0.2) is 0 Å². The standard InChI is InChI=1S/C19H31N3O3S/c1-4-17-20-19(18(23)22(17)9-14-5-6-14)8-7-15-10-21(11-16(15)19)26(24,25)12-13(2)3/h13-16H,4-12H2,1-3H3/t15-,16+,19-/m1/s1. The van der Waals surface area contributed by atoms with E-state index in [4.69, 9.17) is 4.99 Å². The van der Waals surface area contributed by atoms with Crippen LogP contribution in [-0.4, -0.2) is 60.3 Å². The zero-order valence-corrected chi connectivity index (χ0v) is 17.0. The molecular weight excluding hydrogens is 350 g/mol. The van der Waals surface area contributed by atoms with Crippen LogP contribution in [0.15, 0.2) is 4.99 Å². The third-order valence-electron chi connectivity index (χ3n) is 6.56. The largest absolute Gasteiger partial charge is 0.298 e. The third kappa shape index (κ3) is 2.91. The number of sulfonamides is 1. The van der Waals surface area contributed by atoms with Gasteiger partial charge in [0.25, 0.3) is 5.91 Å². The van der Waals surface area contributed by atoms with E-state index in [1.54, 1.807) is 4.31 Å². The molecule has 0 radical (unpaired) electrons. The lowest BCUT2D eigenvalue weighted by Crippen LogP contribution is -2.47. The topological polar surface area (TPSA) is 70.0 Å². The van der Waals surface area contributed by atoms with Gasteiger partial charge in [-0.1, -0.05) is 20.8 Å². The van der Waals surface area contributed by atoms with Crippen LogP contribution in [0.1, 0.15) is 52.9 Å². The smallest absolute Gasteiger partial charge is 0.256 e. The normalized spacial score (nSPS) is 35.0. The fourth-order valence-electron chi connectivity index (χ4n) is 5.12. The Hall–Kier alpha value is -0.950. The number of aliphatic imine (C=N–C) groups is 1. The summed E-state index contributed by atoms with van der Waals surface area (Å²) in [6.45, 7) is 7.76. The van der Waals surface area contributed by atoms with Gasteiger partial charge in [0.2, 0.25) is 10.0 Å². The van der Waals surface area contributed by atoms with Crippen LogP contribution in [0, 0.1) is 23.7 Å². The first-order valence-electron chi connectivity index (χ1n) is 10.2. The molecular formula is C19H31N3O3S. The fraction of sp³-hybridized carbons (Fsp3) is 0.895. The summed E-state index contributed by atoms with van der Waals surface area (Å²) in [5.41, 5.74) is -0.687. The number of amides is 1. The summed E-state index contributed by atoms with van der Waals surface area (Å²) in [7, 11) is -3.25. The minimum Gasteiger partial charge on any atom is -0.298 e. The Kier molecular flexibility index (Phi) is 4.46. The minimum absolute atomic E-state index is 0.0442. The molecule has 2 aliphatic carbocycles. The molecule has 146 valence electrons. The molecule has 0 unspecified atom stereocenters. The first kappa shape index (κ1) is 18.4. The molecule has 6 nitrogen and oxygen atoms in total. The van der Waals surface area contributed by atoms with Crippen LogP contribution in [0.3, 0.4) is 0 Å². The van der Waals surface area contributed by atoms with Gasteiger partial charge in [0.1, 0.15) is 11.4 Å². The Morgan fingerprint density at radius 1 is 1.23 bits per heavy atom. The van der Waals surface area contributed by atoms with E-state index in [0.29, 0.717) is 19.0 Å². The molecule has 0 N–H and O–H groups in total. The van der Waals surface area contributed by atoms with Crippen LogP contribution in [0.5, 0.6) is 0 Å². The van der Waals surface area contributed by atoms with E-state index in [2.05, 4.69) is 6.92 Å². The van der Waals surface area contributed by atoms with Gasteiger partial charge in [-0.15, -0.1) is 0 Å². The lowest BCUT2D eigenvalue weighted by Gasteiger charge is -2.28. The van der Waals surface area contributed by atoms with Crippen LogP contribution >= 0.6 is 0 Å². The Labute approximate surface area is 157 Å². The van der Waals surface area contributed by atoms with Crippen molar-refractivity contribution in [3.63, 3.8) is 0 Å². The van der Waals surface area contributed by atoms with Crippen LogP contribution in [0.2, 0.25) is 0 Å². The molecule has 1 amide bonds. The molecule has 2 saturated carbocycles. The zero-order chi connectivity index (χ0) is 18.7. The summed E-state index contributed by atoms with van der Waals surface area (Å²) in [5.74, 6) is 2.31. The van der Waals surface area contributed by atoms with Gasteiger partial charge in [0.05, 0.1) is 5.75 Å². The zero-order valence-electron chi connectivity index (χ0n) is 16.1. The van der Waals surface area contributed by atoms with Gasteiger partial charge in [-0.3, -0.25) is 14.7 Å². The Bertz CT molecular complexity index is 728. The maximum Gasteiger partial charge on any atom is 0.256 e. The SMILES string of the molecule is CCC1=N[C@@]2(CC[C@@H]3CN(S(=O)(=O)CC(C)C)C[C@@H]32)C(=O)N1CC1CC1. The summed E-state index contributed by atoms with van der Waals surface area (Å²) < 4.78 is 27.0. The van der Waals surface area contributed by atoms with Crippen molar-refractivity contribution in [1.29, 1.82) is 0 Å². The van der Waals surface area contributed by atoms with E-state index in [1.165, 1.54) is 12.8 Å². The first-order valence-corrected chi connectivity index (χ1v) is 11.8. The average molecular weight is 382 g/mol. The van der Waals surface area contributed by atoms with E-state index in [1.807, 2.05) is 18.7 Å². The number of carbonyl (C=O) groups excluding carboxylic acids is 1. The lowest BCUT2D eigenvalue weighted by molar-refractivity contribution is -0.132. The molecule has 26 heavy (non-hydrogen) atoms. The van der Waals surface area contributed by atoms with Crippen LogP contribution < -0.4 is 0 Å². The number of rotatable bonds is 6. The minimum atomic E-state index is -3.25.